The Morgan fingerprint density at radius 2 is 2.14 bits per heavy atom. The number of carbonyl (C=O) groups excluding carboxylic acids is 2. The van der Waals surface area contributed by atoms with Crippen molar-refractivity contribution in [1.29, 1.82) is 0 Å². The van der Waals surface area contributed by atoms with Crippen LogP contribution in [0.5, 0.6) is 0 Å². The van der Waals surface area contributed by atoms with Gasteiger partial charge in [-0.15, -0.1) is 0 Å². The minimum absolute atomic E-state index is 0.245. The number of benzene rings is 2. The second kappa shape index (κ2) is 11.7. The highest BCUT2D eigenvalue weighted by molar-refractivity contribution is 6.31. The second-order valence-corrected chi connectivity index (χ2v) is 9.79. The number of hydrogen-bond donors (Lipinski definition) is 1. The molecule has 1 aliphatic rings. The summed E-state index contributed by atoms with van der Waals surface area (Å²) in [5, 5.41) is 3.49. The largest absolute Gasteiger partial charge is 0.462 e. The average molecular weight is 527 g/mol. The number of oxazole rings is 1. The highest BCUT2D eigenvalue weighted by Gasteiger charge is 2.26. The van der Waals surface area contributed by atoms with Gasteiger partial charge in [-0.2, -0.15) is 4.57 Å². The number of aryl methyl sites for hydroxylation is 3. The molecule has 0 aliphatic carbocycles. The molecule has 0 saturated carbocycles. The van der Waals surface area contributed by atoms with Gasteiger partial charge in [-0.25, -0.2) is 9.59 Å². The van der Waals surface area contributed by atoms with Crippen molar-refractivity contribution in [3.05, 3.63) is 65.0 Å². The van der Waals surface area contributed by atoms with E-state index in [1.165, 1.54) is 11.3 Å². The molecule has 0 fully saturated rings. The van der Waals surface area contributed by atoms with Gasteiger partial charge in [0.2, 0.25) is 5.58 Å². The monoisotopic (exact) mass is 526 g/mol. The summed E-state index contributed by atoms with van der Waals surface area (Å²) in [6.07, 6.45) is 3.18. The van der Waals surface area contributed by atoms with Crippen LogP contribution < -0.4 is 14.8 Å². The van der Waals surface area contributed by atoms with E-state index in [0.717, 1.165) is 42.2 Å². The van der Waals surface area contributed by atoms with Crippen molar-refractivity contribution >= 4 is 46.1 Å². The molecule has 9 heteroatoms. The van der Waals surface area contributed by atoms with Crippen molar-refractivity contribution < 1.29 is 28.0 Å². The molecule has 0 spiro atoms. The van der Waals surface area contributed by atoms with Crippen molar-refractivity contribution in [2.75, 3.05) is 30.4 Å². The van der Waals surface area contributed by atoms with E-state index in [9.17, 15) is 9.59 Å². The van der Waals surface area contributed by atoms with Gasteiger partial charge in [0.25, 0.3) is 5.52 Å². The minimum Gasteiger partial charge on any atom is -0.462 e. The summed E-state index contributed by atoms with van der Waals surface area (Å²) in [5.41, 5.74) is 5.68. The Balaban J connectivity index is 1.43. The van der Waals surface area contributed by atoms with Crippen molar-refractivity contribution in [1.82, 2.24) is 0 Å². The summed E-state index contributed by atoms with van der Waals surface area (Å²) in [6, 6.07) is 9.56. The predicted molar refractivity (Wildman–Crippen MR) is 143 cm³/mol. The Morgan fingerprint density at radius 3 is 2.92 bits per heavy atom. The Morgan fingerprint density at radius 1 is 1.32 bits per heavy atom. The lowest BCUT2D eigenvalue weighted by Crippen LogP contribution is -2.39. The van der Waals surface area contributed by atoms with Crippen molar-refractivity contribution in [3.63, 3.8) is 0 Å². The number of nitrogens with one attached hydrogen (secondary N) is 1. The SMILES string of the molecule is C=CC(=O)OCCC[n+]1c(CC(C)OC(=O)Nc2cc3c(cc2C)N(C)CCC3)oc2ccc(Cl)cc21. The van der Waals surface area contributed by atoms with E-state index in [1.807, 2.05) is 36.6 Å². The lowest BCUT2D eigenvalue weighted by atomic mass is 9.99. The van der Waals surface area contributed by atoms with E-state index in [4.69, 9.17) is 25.5 Å². The molecule has 0 bridgehead atoms. The molecule has 4 rings (SSSR count). The smallest absolute Gasteiger partial charge is 0.411 e. The zero-order chi connectivity index (χ0) is 26.5. The maximum Gasteiger partial charge on any atom is 0.411 e. The number of amides is 1. The van der Waals surface area contributed by atoms with Crippen LogP contribution in [0.15, 0.2) is 47.4 Å². The van der Waals surface area contributed by atoms with E-state index in [0.29, 0.717) is 35.9 Å². The van der Waals surface area contributed by atoms with E-state index >= 15 is 0 Å². The summed E-state index contributed by atoms with van der Waals surface area (Å²) in [4.78, 5) is 26.3. The molecule has 2 heterocycles. The van der Waals surface area contributed by atoms with Crippen molar-refractivity contribution in [2.24, 2.45) is 0 Å². The average Bonchev–Trinajstić information content (AvgIpc) is 3.18. The fourth-order valence-electron chi connectivity index (χ4n) is 4.62. The first kappa shape index (κ1) is 26.5. The maximum absolute atomic E-state index is 12.7. The molecule has 1 aromatic heterocycles. The number of fused-ring (bicyclic) bond motifs is 2. The molecule has 37 heavy (non-hydrogen) atoms. The molecule has 1 aliphatic heterocycles. The van der Waals surface area contributed by atoms with Gasteiger partial charge < -0.3 is 18.8 Å². The van der Waals surface area contributed by atoms with Crippen LogP contribution in [-0.2, 0) is 33.7 Å². The number of nitrogens with zero attached hydrogens (tertiary/aromatic N) is 2. The summed E-state index contributed by atoms with van der Waals surface area (Å²) in [5.74, 6) is 0.181. The lowest BCUT2D eigenvalue weighted by Gasteiger charge is -2.28. The van der Waals surface area contributed by atoms with Crippen LogP contribution in [0.3, 0.4) is 0 Å². The molecule has 8 nitrogen and oxygen atoms in total. The van der Waals surface area contributed by atoms with Crippen LogP contribution in [0.2, 0.25) is 5.02 Å². The van der Waals surface area contributed by atoms with Crippen LogP contribution in [0.4, 0.5) is 16.2 Å². The molecule has 0 saturated heterocycles. The summed E-state index contributed by atoms with van der Waals surface area (Å²) < 4.78 is 18.8. The Hall–Kier alpha value is -3.52. The van der Waals surface area contributed by atoms with Gasteiger partial charge in [-0.1, -0.05) is 18.2 Å². The third-order valence-corrected chi connectivity index (χ3v) is 6.70. The number of esters is 1. The number of ether oxygens (including phenoxy) is 2. The topological polar surface area (TPSA) is 84.9 Å². The molecule has 3 aromatic rings. The normalized spacial score (nSPS) is 13.7. The Kier molecular flexibility index (Phi) is 8.38. The van der Waals surface area contributed by atoms with Gasteiger partial charge in [-0.05, 0) is 62.1 Å². The van der Waals surface area contributed by atoms with E-state index in [1.54, 1.807) is 6.07 Å². The molecular formula is C28H33ClN3O5+. The molecule has 0 radical (unpaired) electrons. The third-order valence-electron chi connectivity index (χ3n) is 6.46. The summed E-state index contributed by atoms with van der Waals surface area (Å²) in [6.45, 7) is 9.03. The lowest BCUT2D eigenvalue weighted by molar-refractivity contribution is -0.685. The number of hydrogen-bond acceptors (Lipinski definition) is 6. The molecule has 2 aromatic carbocycles. The molecule has 1 atom stereocenters. The van der Waals surface area contributed by atoms with Crippen LogP contribution in [0, 0.1) is 6.92 Å². The van der Waals surface area contributed by atoms with Crippen molar-refractivity contribution in [3.8, 4) is 0 Å². The minimum atomic E-state index is -0.512. The van der Waals surface area contributed by atoms with Crippen LogP contribution >= 0.6 is 11.6 Å². The predicted octanol–water partition coefficient (Wildman–Crippen LogP) is 5.36. The van der Waals surface area contributed by atoms with Crippen molar-refractivity contribution in [2.45, 2.75) is 52.2 Å². The van der Waals surface area contributed by atoms with Gasteiger partial charge >= 0.3 is 18.0 Å². The molecular weight excluding hydrogens is 494 g/mol. The molecule has 1 unspecified atom stereocenters. The zero-order valence-electron chi connectivity index (χ0n) is 21.5. The third kappa shape index (κ3) is 6.43. The van der Waals surface area contributed by atoms with E-state index in [-0.39, 0.29) is 6.61 Å². The fraction of sp³-hybridized carbons (Fsp3) is 0.393. The number of anilines is 2. The molecule has 196 valence electrons. The quantitative estimate of drug-likeness (QED) is 0.175. The highest BCUT2D eigenvalue weighted by Crippen LogP contribution is 2.31. The van der Waals surface area contributed by atoms with Gasteiger partial charge in [0, 0.05) is 48.6 Å². The fourth-order valence-corrected chi connectivity index (χ4v) is 4.79. The van der Waals surface area contributed by atoms with Crippen LogP contribution in [-0.4, -0.2) is 38.4 Å². The van der Waals surface area contributed by atoms with E-state index < -0.39 is 18.2 Å². The maximum atomic E-state index is 12.7. The number of halogens is 1. The van der Waals surface area contributed by atoms with Gasteiger partial charge in [0.1, 0.15) is 12.5 Å². The van der Waals surface area contributed by atoms with Gasteiger partial charge in [0.15, 0.2) is 6.54 Å². The van der Waals surface area contributed by atoms with Gasteiger partial charge in [-0.3, -0.25) is 5.32 Å². The van der Waals surface area contributed by atoms with E-state index in [2.05, 4.69) is 29.9 Å². The van der Waals surface area contributed by atoms with Crippen LogP contribution in [0.25, 0.3) is 11.1 Å². The van der Waals surface area contributed by atoms with Gasteiger partial charge in [0.05, 0.1) is 6.61 Å². The second-order valence-electron chi connectivity index (χ2n) is 9.35. The summed E-state index contributed by atoms with van der Waals surface area (Å²) >= 11 is 6.22. The number of carbonyl (C=O) groups is 2. The zero-order valence-corrected chi connectivity index (χ0v) is 22.3. The Labute approximate surface area is 221 Å². The number of rotatable bonds is 9. The first-order valence-corrected chi connectivity index (χ1v) is 12.8. The molecule has 1 amide bonds. The highest BCUT2D eigenvalue weighted by atomic mass is 35.5. The summed E-state index contributed by atoms with van der Waals surface area (Å²) in [7, 11) is 2.09. The van der Waals surface area contributed by atoms with Crippen LogP contribution in [0.1, 0.15) is 36.8 Å². The number of aromatic nitrogens is 1. The first-order chi connectivity index (χ1) is 17.7. The standard InChI is InChI=1S/C28H32ClN3O5/c1-5-27(33)35-13-7-12-32-24-17-21(29)9-10-25(24)37-26(32)15-19(3)36-28(34)30-22-16-20-8-6-11-31(4)23(20)14-18(22)2/h5,9-10,14,16-17,19H,1,6-8,11-13,15H2,2-4H3/p+1. The Bertz CT molecular complexity index is 1320. The first-order valence-electron chi connectivity index (χ1n) is 12.5. The molecule has 1 N–H and O–H groups in total.